The van der Waals surface area contributed by atoms with Gasteiger partial charge >= 0.3 is 0 Å². The van der Waals surface area contributed by atoms with Crippen molar-refractivity contribution >= 4 is 28.3 Å². The van der Waals surface area contributed by atoms with Gasteiger partial charge in [-0.25, -0.2) is 4.98 Å². The number of aromatic nitrogens is 1. The van der Waals surface area contributed by atoms with Crippen molar-refractivity contribution in [3.63, 3.8) is 0 Å². The Hall–Kier alpha value is -2.75. The van der Waals surface area contributed by atoms with E-state index < -0.39 is 11.5 Å². The molecule has 37 heavy (non-hydrogen) atoms. The Bertz CT molecular complexity index is 1140. The first-order valence-corrected chi connectivity index (χ1v) is 13.5. The molecule has 1 aromatic carbocycles. The van der Waals surface area contributed by atoms with E-state index in [4.69, 9.17) is 9.72 Å². The number of ether oxygens (including phenoxy) is 1. The van der Waals surface area contributed by atoms with E-state index >= 15 is 0 Å². The first-order chi connectivity index (χ1) is 17.6. The van der Waals surface area contributed by atoms with Crippen molar-refractivity contribution in [3.05, 3.63) is 53.6 Å². The van der Waals surface area contributed by atoms with E-state index in [1.807, 2.05) is 25.1 Å². The molecule has 200 valence electrons. The van der Waals surface area contributed by atoms with Crippen LogP contribution in [0.2, 0.25) is 0 Å². The van der Waals surface area contributed by atoms with Crippen molar-refractivity contribution in [1.82, 2.24) is 9.88 Å². The average Bonchev–Trinajstić information content (AvgIpc) is 3.29. The van der Waals surface area contributed by atoms with Gasteiger partial charge in [-0.05, 0) is 42.7 Å². The maximum Gasteiger partial charge on any atom is 0.264 e. The summed E-state index contributed by atoms with van der Waals surface area (Å²) in [5.74, 6) is 0.0325. The van der Waals surface area contributed by atoms with E-state index in [9.17, 15) is 19.8 Å². The number of nitrogens with zero attached hydrogens (tertiary/aromatic N) is 2. The molecule has 8 nitrogen and oxygen atoms in total. The number of nitrogens with one attached hydrogen (secondary N) is 1. The lowest BCUT2D eigenvalue weighted by Crippen LogP contribution is -2.57. The summed E-state index contributed by atoms with van der Waals surface area (Å²) in [7, 11) is 1.76. The van der Waals surface area contributed by atoms with Crippen LogP contribution in [0.3, 0.4) is 0 Å². The van der Waals surface area contributed by atoms with Gasteiger partial charge in [-0.1, -0.05) is 38.1 Å². The number of carbonyl (C=O) groups is 2. The first kappa shape index (κ1) is 27.3. The molecule has 0 aliphatic heterocycles. The van der Waals surface area contributed by atoms with Crippen LogP contribution in [0.25, 0.3) is 0 Å². The van der Waals surface area contributed by atoms with E-state index in [1.165, 1.54) is 11.3 Å². The number of benzene rings is 1. The fourth-order valence-electron chi connectivity index (χ4n) is 6.15. The van der Waals surface area contributed by atoms with Crippen LogP contribution in [0.1, 0.15) is 49.6 Å². The fourth-order valence-corrected chi connectivity index (χ4v) is 7.23. The van der Waals surface area contributed by atoms with Gasteiger partial charge in [0, 0.05) is 36.2 Å². The summed E-state index contributed by atoms with van der Waals surface area (Å²) >= 11 is 1.40. The van der Waals surface area contributed by atoms with Crippen LogP contribution in [-0.2, 0) is 16.0 Å². The predicted octanol–water partition coefficient (Wildman–Crippen LogP) is 3.61. The SMILES string of the molecule is C=CCN(C)C(=O)C[C@@H]1c2nc(NC(=O)COc3ccccc3)sc2C[C@@H]2[C@](C)(CO)[C@H](O)CC[C@]21C. The minimum absolute atomic E-state index is 0.00982. The largest absolute Gasteiger partial charge is 0.484 e. The maximum atomic E-state index is 13.2. The zero-order valence-corrected chi connectivity index (χ0v) is 22.6. The van der Waals surface area contributed by atoms with Gasteiger partial charge in [0.1, 0.15) is 5.75 Å². The van der Waals surface area contributed by atoms with E-state index in [1.54, 1.807) is 30.2 Å². The van der Waals surface area contributed by atoms with Gasteiger partial charge in [-0.15, -0.1) is 17.9 Å². The highest BCUT2D eigenvalue weighted by molar-refractivity contribution is 7.15. The number of hydrogen-bond acceptors (Lipinski definition) is 7. The standard InChI is InChI=1S/C28H37N3O5S/c1-5-13-31(4)24(35)14-19-25-20(15-21-27(19,2)12-11-22(33)28(21,3)17-32)37-26(30-25)29-23(34)16-36-18-9-7-6-8-10-18/h5-10,19,21-22,32-33H,1,11-17H2,2-4H3,(H,29,30,34)/t19-,21+,22-,27+,28+/m1/s1. The molecule has 1 aromatic heterocycles. The van der Waals surface area contributed by atoms with Gasteiger partial charge in [0.2, 0.25) is 5.91 Å². The third-order valence-corrected chi connectivity index (χ3v) is 9.47. The van der Waals surface area contributed by atoms with Gasteiger partial charge in [0.15, 0.2) is 11.7 Å². The fraction of sp³-hybridized carbons (Fsp3) is 0.536. The molecular weight excluding hydrogens is 490 g/mol. The number of rotatable bonds is 9. The molecule has 2 aliphatic rings. The van der Waals surface area contributed by atoms with Gasteiger partial charge in [0.25, 0.3) is 5.91 Å². The predicted molar refractivity (Wildman–Crippen MR) is 144 cm³/mol. The number of hydrogen-bond donors (Lipinski definition) is 3. The molecule has 1 fully saturated rings. The summed E-state index contributed by atoms with van der Waals surface area (Å²) in [6.45, 7) is 8.01. The number of anilines is 1. The molecule has 0 saturated heterocycles. The van der Waals surface area contributed by atoms with Crippen molar-refractivity contribution in [1.29, 1.82) is 0 Å². The molecule has 0 spiro atoms. The molecular formula is C28H37N3O5S. The van der Waals surface area contributed by atoms with Crippen LogP contribution in [0.5, 0.6) is 5.75 Å². The molecule has 5 atom stereocenters. The molecule has 0 bridgehead atoms. The minimum Gasteiger partial charge on any atom is -0.484 e. The zero-order valence-electron chi connectivity index (χ0n) is 21.8. The molecule has 2 amide bonds. The normalized spacial score (nSPS) is 28.5. The number of aliphatic hydroxyl groups is 2. The minimum atomic E-state index is -0.698. The third kappa shape index (κ3) is 5.30. The number of aliphatic hydroxyl groups excluding tert-OH is 2. The number of fused-ring (bicyclic) bond motifs is 2. The van der Waals surface area contributed by atoms with Gasteiger partial charge in [0.05, 0.1) is 18.4 Å². The highest BCUT2D eigenvalue weighted by Gasteiger charge is 2.59. The summed E-state index contributed by atoms with van der Waals surface area (Å²) in [6.07, 6.45) is 3.23. The van der Waals surface area contributed by atoms with Crippen LogP contribution < -0.4 is 10.1 Å². The molecule has 0 unspecified atom stereocenters. The summed E-state index contributed by atoms with van der Waals surface area (Å²) in [4.78, 5) is 33.3. The van der Waals surface area contributed by atoms with Gasteiger partial charge in [-0.3, -0.25) is 14.9 Å². The van der Waals surface area contributed by atoms with E-state index in [-0.39, 0.29) is 48.7 Å². The monoisotopic (exact) mass is 527 g/mol. The van der Waals surface area contributed by atoms with Crippen LogP contribution in [-0.4, -0.2) is 64.8 Å². The lowest BCUT2D eigenvalue weighted by molar-refractivity contribution is -0.146. The first-order valence-electron chi connectivity index (χ1n) is 12.7. The maximum absolute atomic E-state index is 13.2. The molecule has 9 heteroatoms. The second-order valence-corrected chi connectivity index (χ2v) is 11.9. The van der Waals surface area contributed by atoms with Crippen molar-refractivity contribution in [2.75, 3.05) is 32.1 Å². The van der Waals surface area contributed by atoms with Crippen LogP contribution in [0, 0.1) is 16.7 Å². The Kier molecular flexibility index (Phi) is 8.06. The molecule has 2 aromatic rings. The second-order valence-electron chi connectivity index (χ2n) is 10.8. The van der Waals surface area contributed by atoms with E-state index in [0.717, 1.165) is 17.0 Å². The Morgan fingerprint density at radius 3 is 2.73 bits per heavy atom. The van der Waals surface area contributed by atoms with Crippen LogP contribution in [0.15, 0.2) is 43.0 Å². The number of amides is 2. The van der Waals surface area contributed by atoms with Crippen LogP contribution in [0.4, 0.5) is 5.13 Å². The van der Waals surface area contributed by atoms with E-state index in [2.05, 4.69) is 18.8 Å². The molecule has 1 saturated carbocycles. The Morgan fingerprint density at radius 2 is 2.05 bits per heavy atom. The zero-order chi connectivity index (χ0) is 26.8. The summed E-state index contributed by atoms with van der Waals surface area (Å²) in [5.41, 5.74) is -0.212. The average molecular weight is 528 g/mol. The molecule has 1 heterocycles. The second kappa shape index (κ2) is 10.9. The molecule has 3 N–H and O–H groups in total. The summed E-state index contributed by atoms with van der Waals surface area (Å²) in [6, 6.07) is 9.13. The summed E-state index contributed by atoms with van der Waals surface area (Å²) in [5, 5.41) is 24.6. The number of thiazole rings is 1. The van der Waals surface area contributed by atoms with E-state index in [0.29, 0.717) is 30.3 Å². The third-order valence-electron chi connectivity index (χ3n) is 8.46. The molecule has 4 rings (SSSR count). The molecule has 0 radical (unpaired) electrons. The lowest BCUT2D eigenvalue weighted by atomic mass is 9.47. The molecule has 2 aliphatic carbocycles. The number of likely N-dealkylation sites (N-methyl/N-ethyl adjacent to an activating group) is 1. The van der Waals surface area contributed by atoms with Crippen molar-refractivity contribution in [3.8, 4) is 5.75 Å². The highest BCUT2D eigenvalue weighted by atomic mass is 32.1. The number of para-hydroxylation sites is 1. The van der Waals surface area contributed by atoms with Crippen molar-refractivity contribution in [2.45, 2.75) is 51.6 Å². The van der Waals surface area contributed by atoms with Gasteiger partial charge < -0.3 is 19.8 Å². The topological polar surface area (TPSA) is 112 Å². The van der Waals surface area contributed by atoms with Crippen LogP contribution >= 0.6 is 11.3 Å². The Balaban J connectivity index is 1.62. The Morgan fingerprint density at radius 1 is 1.32 bits per heavy atom. The van der Waals surface area contributed by atoms with Gasteiger partial charge in [-0.2, -0.15) is 0 Å². The highest BCUT2D eigenvalue weighted by Crippen LogP contribution is 2.62. The Labute approximate surface area is 222 Å². The number of carbonyl (C=O) groups excluding carboxylic acids is 2. The van der Waals surface area contributed by atoms with Crippen molar-refractivity contribution < 1.29 is 24.5 Å². The van der Waals surface area contributed by atoms with Crippen molar-refractivity contribution in [2.24, 2.45) is 16.7 Å². The quantitative estimate of drug-likeness (QED) is 0.430. The lowest BCUT2D eigenvalue weighted by Gasteiger charge is -2.58. The summed E-state index contributed by atoms with van der Waals surface area (Å²) < 4.78 is 5.56. The smallest absolute Gasteiger partial charge is 0.264 e.